The molecule has 150 valence electrons. The molecule has 3 rings (SSSR count). The molecule has 1 unspecified atom stereocenters. The van der Waals surface area contributed by atoms with Gasteiger partial charge < -0.3 is 25.0 Å². The lowest BCUT2D eigenvalue weighted by Gasteiger charge is -2.21. The van der Waals surface area contributed by atoms with Crippen LogP contribution in [0.25, 0.3) is 0 Å². The number of methoxy groups -OCH3 is 2. The number of ether oxygens (including phenoxy) is 2. The van der Waals surface area contributed by atoms with Gasteiger partial charge in [-0.25, -0.2) is 0 Å². The van der Waals surface area contributed by atoms with Crippen molar-refractivity contribution < 1.29 is 19.1 Å². The van der Waals surface area contributed by atoms with E-state index in [0.29, 0.717) is 50.5 Å². The van der Waals surface area contributed by atoms with Gasteiger partial charge in [0, 0.05) is 38.6 Å². The quantitative estimate of drug-likeness (QED) is 0.776. The molecule has 1 aromatic rings. The Morgan fingerprint density at radius 1 is 1.22 bits per heavy atom. The highest BCUT2D eigenvalue weighted by Gasteiger charge is 2.37. The van der Waals surface area contributed by atoms with Crippen molar-refractivity contribution in [2.24, 2.45) is 11.7 Å². The molecule has 2 amide bonds. The maximum Gasteiger partial charge on any atom is 0.228 e. The Bertz CT molecular complexity index is 685. The first kappa shape index (κ1) is 21.3. The average molecular weight is 398 g/mol. The lowest BCUT2D eigenvalue weighted by atomic mass is 10.1. The van der Waals surface area contributed by atoms with Gasteiger partial charge in [0.25, 0.3) is 0 Å². The van der Waals surface area contributed by atoms with Gasteiger partial charge in [-0.2, -0.15) is 0 Å². The molecule has 2 aliphatic rings. The predicted molar refractivity (Wildman–Crippen MR) is 104 cm³/mol. The Labute approximate surface area is 166 Å². The number of carbonyl (C=O) groups excluding carboxylic acids is 2. The number of hydrogen-bond acceptors (Lipinski definition) is 5. The van der Waals surface area contributed by atoms with E-state index in [1.807, 2.05) is 18.2 Å². The van der Waals surface area contributed by atoms with Gasteiger partial charge in [0.2, 0.25) is 11.8 Å². The highest BCUT2D eigenvalue weighted by atomic mass is 35.5. The molecule has 2 atom stereocenters. The van der Waals surface area contributed by atoms with Gasteiger partial charge in [0.1, 0.15) is 0 Å². The van der Waals surface area contributed by atoms with E-state index < -0.39 is 0 Å². The van der Waals surface area contributed by atoms with E-state index in [4.69, 9.17) is 15.2 Å². The van der Waals surface area contributed by atoms with Crippen molar-refractivity contribution in [3.8, 4) is 11.5 Å². The fraction of sp³-hybridized carbons (Fsp3) is 0.579. The molecule has 2 heterocycles. The summed E-state index contributed by atoms with van der Waals surface area (Å²) >= 11 is 0. The summed E-state index contributed by atoms with van der Waals surface area (Å²) in [7, 11) is 3.21. The van der Waals surface area contributed by atoms with E-state index >= 15 is 0 Å². The summed E-state index contributed by atoms with van der Waals surface area (Å²) in [6, 6.07) is 5.82. The molecule has 27 heavy (non-hydrogen) atoms. The van der Waals surface area contributed by atoms with E-state index in [-0.39, 0.29) is 36.2 Å². The van der Waals surface area contributed by atoms with Gasteiger partial charge in [0.15, 0.2) is 11.5 Å². The smallest absolute Gasteiger partial charge is 0.228 e. The van der Waals surface area contributed by atoms with Crippen LogP contribution in [0.1, 0.15) is 18.4 Å². The maximum atomic E-state index is 12.6. The van der Waals surface area contributed by atoms with E-state index in [2.05, 4.69) is 0 Å². The summed E-state index contributed by atoms with van der Waals surface area (Å²) in [5, 5.41) is 0. The van der Waals surface area contributed by atoms with Crippen LogP contribution in [-0.4, -0.2) is 68.1 Å². The molecule has 2 aliphatic heterocycles. The monoisotopic (exact) mass is 397 g/mol. The van der Waals surface area contributed by atoms with Gasteiger partial charge in [-0.15, -0.1) is 12.4 Å². The van der Waals surface area contributed by atoms with Crippen LogP contribution in [0.5, 0.6) is 11.5 Å². The molecule has 2 N–H and O–H groups in total. The predicted octanol–water partition coefficient (Wildman–Crippen LogP) is 1.08. The van der Waals surface area contributed by atoms with Crippen LogP contribution in [0.4, 0.5) is 0 Å². The number of likely N-dealkylation sites (tertiary alicyclic amines) is 2. The van der Waals surface area contributed by atoms with Crippen LogP contribution in [0.2, 0.25) is 0 Å². The number of nitrogens with zero attached hydrogens (tertiary/aromatic N) is 2. The minimum absolute atomic E-state index is 0. The van der Waals surface area contributed by atoms with Gasteiger partial charge in [-0.3, -0.25) is 9.59 Å². The number of halogens is 1. The van der Waals surface area contributed by atoms with E-state index in [1.165, 1.54) is 0 Å². The molecule has 0 radical (unpaired) electrons. The van der Waals surface area contributed by atoms with Crippen LogP contribution in [-0.2, 0) is 16.0 Å². The molecule has 0 bridgehead atoms. The van der Waals surface area contributed by atoms with E-state index in [1.54, 1.807) is 24.0 Å². The molecular weight excluding hydrogens is 370 g/mol. The lowest BCUT2D eigenvalue weighted by molar-refractivity contribution is -0.134. The van der Waals surface area contributed by atoms with Crippen molar-refractivity contribution >= 4 is 24.2 Å². The van der Waals surface area contributed by atoms with Crippen LogP contribution in [0.3, 0.4) is 0 Å². The number of carbonyl (C=O) groups is 2. The number of hydrogen-bond donors (Lipinski definition) is 1. The molecule has 2 fully saturated rings. The van der Waals surface area contributed by atoms with Crippen LogP contribution >= 0.6 is 12.4 Å². The summed E-state index contributed by atoms with van der Waals surface area (Å²) in [4.78, 5) is 28.5. The van der Waals surface area contributed by atoms with Gasteiger partial charge in [0.05, 0.1) is 20.1 Å². The highest BCUT2D eigenvalue weighted by molar-refractivity contribution is 5.89. The second kappa shape index (κ2) is 9.28. The van der Waals surface area contributed by atoms with Crippen molar-refractivity contribution in [2.45, 2.75) is 25.3 Å². The highest BCUT2D eigenvalue weighted by Crippen LogP contribution is 2.28. The van der Waals surface area contributed by atoms with Crippen LogP contribution < -0.4 is 15.2 Å². The Balaban J connectivity index is 0.00000261. The molecule has 0 aromatic heterocycles. The number of rotatable bonds is 6. The third-order valence-corrected chi connectivity index (χ3v) is 5.22. The number of amides is 2. The van der Waals surface area contributed by atoms with Crippen LogP contribution in [0, 0.1) is 5.92 Å². The van der Waals surface area contributed by atoms with Crippen molar-refractivity contribution in [1.82, 2.24) is 9.80 Å². The van der Waals surface area contributed by atoms with E-state index in [0.717, 1.165) is 12.0 Å². The summed E-state index contributed by atoms with van der Waals surface area (Å²) in [6.45, 7) is 2.40. The van der Waals surface area contributed by atoms with Gasteiger partial charge in [-0.1, -0.05) is 6.07 Å². The largest absolute Gasteiger partial charge is 0.493 e. The third-order valence-electron chi connectivity index (χ3n) is 5.22. The number of benzene rings is 1. The summed E-state index contributed by atoms with van der Waals surface area (Å²) < 4.78 is 10.6. The van der Waals surface area contributed by atoms with Crippen molar-refractivity contribution in [3.63, 3.8) is 0 Å². The fourth-order valence-electron chi connectivity index (χ4n) is 3.70. The average Bonchev–Trinajstić information content (AvgIpc) is 3.24. The van der Waals surface area contributed by atoms with Crippen molar-refractivity contribution in [1.29, 1.82) is 0 Å². The zero-order valence-corrected chi connectivity index (χ0v) is 16.7. The zero-order chi connectivity index (χ0) is 18.7. The zero-order valence-electron chi connectivity index (χ0n) is 15.8. The Hall–Kier alpha value is -1.99. The normalized spacial score (nSPS) is 22.0. The van der Waals surface area contributed by atoms with Crippen molar-refractivity contribution in [2.75, 3.05) is 40.4 Å². The molecule has 0 spiro atoms. The molecule has 8 heteroatoms. The van der Waals surface area contributed by atoms with Crippen molar-refractivity contribution in [3.05, 3.63) is 23.8 Å². The summed E-state index contributed by atoms with van der Waals surface area (Å²) in [5.41, 5.74) is 6.95. The van der Waals surface area contributed by atoms with Gasteiger partial charge in [-0.05, 0) is 30.5 Å². The molecule has 0 aliphatic carbocycles. The molecule has 0 saturated carbocycles. The Kier molecular flexibility index (Phi) is 7.33. The first-order valence-electron chi connectivity index (χ1n) is 9.05. The minimum Gasteiger partial charge on any atom is -0.493 e. The van der Waals surface area contributed by atoms with Gasteiger partial charge >= 0.3 is 0 Å². The summed E-state index contributed by atoms with van der Waals surface area (Å²) in [6.07, 6.45) is 1.85. The summed E-state index contributed by atoms with van der Waals surface area (Å²) in [5.74, 6) is 1.24. The third kappa shape index (κ3) is 4.84. The fourth-order valence-corrected chi connectivity index (χ4v) is 3.70. The second-order valence-electron chi connectivity index (χ2n) is 7.01. The number of nitrogens with two attached hydrogens (primary N) is 1. The first-order valence-corrected chi connectivity index (χ1v) is 9.05. The van der Waals surface area contributed by atoms with Crippen LogP contribution in [0.15, 0.2) is 18.2 Å². The Morgan fingerprint density at radius 2 is 1.96 bits per heavy atom. The molecule has 2 saturated heterocycles. The standard InChI is InChI=1S/C19H27N3O4.ClH/c1-25-16-4-3-13(9-17(16)26-2)5-7-21-11-14(10-18(21)23)19(24)22-8-6-15(20)12-22;/h3-4,9,14-15H,5-8,10-12,20H2,1-2H3;1H/t14?,15-;/m1./s1. The molecule has 1 aromatic carbocycles. The molecular formula is C19H28ClN3O4. The lowest BCUT2D eigenvalue weighted by Crippen LogP contribution is -2.37. The Morgan fingerprint density at radius 3 is 2.59 bits per heavy atom. The minimum atomic E-state index is -0.238. The van der Waals surface area contributed by atoms with E-state index in [9.17, 15) is 9.59 Å². The maximum absolute atomic E-state index is 12.6. The molecule has 7 nitrogen and oxygen atoms in total. The topological polar surface area (TPSA) is 85.1 Å². The second-order valence-corrected chi connectivity index (χ2v) is 7.01. The first-order chi connectivity index (χ1) is 12.5. The SMILES string of the molecule is COc1ccc(CCN2CC(C(=O)N3CC[C@@H](N)C3)CC2=O)cc1OC.Cl.